The van der Waals surface area contributed by atoms with Gasteiger partial charge in [-0.1, -0.05) is 44.2 Å². The predicted octanol–water partition coefficient (Wildman–Crippen LogP) is 9.99. The number of halogens is 3. The van der Waals surface area contributed by atoms with E-state index < -0.39 is 54.5 Å². The van der Waals surface area contributed by atoms with E-state index in [1.54, 1.807) is 25.1 Å². The van der Waals surface area contributed by atoms with Crippen LogP contribution in [0.3, 0.4) is 0 Å². The Balaban J connectivity index is 0.858. The van der Waals surface area contributed by atoms with Gasteiger partial charge in [0, 0.05) is 88.0 Å². The van der Waals surface area contributed by atoms with Crippen molar-refractivity contribution < 1.29 is 45.9 Å². The number of rotatable bonds is 16. The Bertz CT molecular complexity index is 3300. The molecule has 1 atom stereocenters. The van der Waals surface area contributed by atoms with Gasteiger partial charge in [0.25, 0.3) is 21.8 Å². The highest BCUT2D eigenvalue weighted by atomic mass is 32.2. The Morgan fingerprint density at radius 2 is 1.70 bits per heavy atom. The van der Waals surface area contributed by atoms with Gasteiger partial charge in [-0.25, -0.2) is 31.3 Å². The number of aromatic nitrogens is 3. The zero-order valence-electron chi connectivity index (χ0n) is 43.5. The molecule has 17 nitrogen and oxygen atoms in total. The summed E-state index contributed by atoms with van der Waals surface area (Å²) in [5, 5.41) is 25.6. The van der Waals surface area contributed by atoms with Crippen LogP contribution in [0, 0.1) is 38.9 Å². The van der Waals surface area contributed by atoms with E-state index in [-0.39, 0.29) is 57.2 Å². The van der Waals surface area contributed by atoms with Crippen LogP contribution >= 0.6 is 0 Å². The van der Waals surface area contributed by atoms with Gasteiger partial charge in [0.1, 0.15) is 22.1 Å². The summed E-state index contributed by atoms with van der Waals surface area (Å²) in [6, 6.07) is 20.2. The number of nitrogens with zero attached hydrogens (tertiary/aromatic N) is 6. The topological polar surface area (TPSA) is 208 Å². The highest BCUT2D eigenvalue weighted by Gasteiger charge is 2.50. The monoisotopic (exact) mass is 1080 g/mol. The fraction of sp³-hybridized carbons (Fsp3) is 0.446. The Labute approximate surface area is 445 Å². The molecule has 0 unspecified atom stereocenters. The van der Waals surface area contributed by atoms with Crippen molar-refractivity contribution in [1.29, 1.82) is 0 Å². The number of anilines is 2. The van der Waals surface area contributed by atoms with Crippen molar-refractivity contribution in [3.05, 3.63) is 135 Å². The predicted molar refractivity (Wildman–Crippen MR) is 284 cm³/mol. The van der Waals surface area contributed by atoms with Crippen molar-refractivity contribution in [1.82, 2.24) is 29.5 Å². The Morgan fingerprint density at radius 1 is 0.948 bits per heavy atom. The Morgan fingerprint density at radius 3 is 2.42 bits per heavy atom. The average molecular weight is 1080 g/mol. The van der Waals surface area contributed by atoms with Crippen LogP contribution in [0.25, 0.3) is 11.0 Å². The second kappa shape index (κ2) is 21.5. The zero-order chi connectivity index (χ0) is 54.4. The molecule has 4 N–H and O–H groups in total. The van der Waals surface area contributed by atoms with E-state index in [0.29, 0.717) is 69.5 Å². The van der Waals surface area contributed by atoms with Crippen molar-refractivity contribution in [2.75, 3.05) is 56.6 Å². The second-order valence-corrected chi connectivity index (χ2v) is 23.6. The summed E-state index contributed by atoms with van der Waals surface area (Å²) in [7, 11) is -3.41. The van der Waals surface area contributed by atoms with Gasteiger partial charge < -0.3 is 29.8 Å². The number of ether oxygens (including phenoxy) is 2. The van der Waals surface area contributed by atoms with E-state index in [1.807, 2.05) is 4.72 Å². The van der Waals surface area contributed by atoms with E-state index in [1.165, 1.54) is 42.5 Å². The summed E-state index contributed by atoms with van der Waals surface area (Å²) in [4.78, 5) is 43.4. The maximum atomic E-state index is 14.9. The number of carbonyl (C=O) groups excluding carboxylic acids is 1. The second-order valence-electron chi connectivity index (χ2n) is 21.9. The van der Waals surface area contributed by atoms with E-state index in [0.717, 1.165) is 69.3 Å². The fourth-order valence-corrected chi connectivity index (χ4v) is 12.8. The summed E-state index contributed by atoms with van der Waals surface area (Å²) in [5.41, 5.74) is 2.73. The van der Waals surface area contributed by atoms with Gasteiger partial charge in [0.05, 0.1) is 34.8 Å². The molecule has 6 aromatic rings. The number of fused-ring (bicyclic) bond motifs is 1. The van der Waals surface area contributed by atoms with Gasteiger partial charge in [-0.3, -0.25) is 24.7 Å². The quantitative estimate of drug-likeness (QED) is 0.0526. The minimum absolute atomic E-state index is 0.0368. The van der Waals surface area contributed by atoms with Gasteiger partial charge in [0.2, 0.25) is 5.82 Å². The molecule has 10 rings (SSSR count). The van der Waals surface area contributed by atoms with E-state index in [4.69, 9.17) is 9.47 Å². The number of benzene rings is 3. The van der Waals surface area contributed by atoms with Gasteiger partial charge >= 0.3 is 5.69 Å². The number of nitrogens with one attached hydrogen (secondary N) is 3. The maximum Gasteiger partial charge on any atom is 0.312 e. The van der Waals surface area contributed by atoms with Crippen LogP contribution < -0.4 is 24.4 Å². The number of H-pyrrole nitrogens is 1. The van der Waals surface area contributed by atoms with Crippen LogP contribution in [0.15, 0.2) is 90.1 Å². The van der Waals surface area contributed by atoms with Crippen LogP contribution in [0.4, 0.5) is 30.4 Å². The lowest BCUT2D eigenvalue weighted by Gasteiger charge is -2.58. The molecule has 4 fully saturated rings. The summed E-state index contributed by atoms with van der Waals surface area (Å²) in [5.74, 6) is -3.29. The molecule has 1 amide bonds. The van der Waals surface area contributed by atoms with Crippen molar-refractivity contribution >= 4 is 44.2 Å². The van der Waals surface area contributed by atoms with Crippen molar-refractivity contribution in [2.45, 2.75) is 107 Å². The molecule has 0 bridgehead atoms. The van der Waals surface area contributed by atoms with Crippen LogP contribution in [-0.4, -0.2) is 107 Å². The minimum atomic E-state index is -4.76. The fourth-order valence-electron chi connectivity index (χ4n) is 11.9. The van der Waals surface area contributed by atoms with Crippen LogP contribution in [-0.2, 0) is 16.6 Å². The normalized spacial score (nSPS) is 21.3. The van der Waals surface area contributed by atoms with Crippen molar-refractivity contribution in [3.8, 4) is 17.4 Å². The molecule has 2 saturated heterocycles. The molecule has 5 heterocycles. The Kier molecular flexibility index (Phi) is 15.0. The summed E-state index contributed by atoms with van der Waals surface area (Å²) in [6.45, 7) is 10.8. The first kappa shape index (κ1) is 53.6. The number of carbonyl (C=O) groups is 1. The highest BCUT2D eigenvalue weighted by Crippen LogP contribution is 2.53. The van der Waals surface area contributed by atoms with Gasteiger partial charge in [-0.15, -0.1) is 0 Å². The highest BCUT2D eigenvalue weighted by molar-refractivity contribution is 7.90. The molecular formula is C56H64F3N9O8S. The minimum Gasteiger partial charge on any atom is -0.478 e. The van der Waals surface area contributed by atoms with Crippen LogP contribution in [0.1, 0.15) is 111 Å². The lowest BCUT2D eigenvalue weighted by Crippen LogP contribution is -2.60. The standard InChI is InChI=1S/C56H64F3N9O8S/c1-34(2)40-7-5-6-8-41(40)48-33-65(32-36-9-12-44(57)45(58)23-36)21-22-67(48)38-27-56(28-38)17-19-66(20-18-56)37-10-11-42(49(24-37)76-50-26-43-46(59)31-62-51(43)63-54(50)75-4)53(69)64-77(73,74)39-25-47(68(71)72)52(61-30-39)60-29-35-13-15-55(3,70)16-14-35/h5-12,23-26,30-31,34-35,38,48,70H,13-22,27-29,32-33H2,1-4H3,(H,60,61)(H,62,63)(H,64,69)/t35?,48-,55?/m0/s1. The molecule has 2 aliphatic heterocycles. The molecule has 4 aliphatic rings. The zero-order valence-corrected chi connectivity index (χ0v) is 44.3. The van der Waals surface area contributed by atoms with E-state index in [2.05, 4.69) is 73.1 Å². The van der Waals surface area contributed by atoms with Crippen LogP contribution in [0.5, 0.6) is 17.4 Å². The lowest BCUT2D eigenvalue weighted by molar-refractivity contribution is -0.384. The molecule has 1 spiro atoms. The van der Waals surface area contributed by atoms with Gasteiger partial charge in [-0.05, 0) is 116 Å². The molecule has 408 valence electrons. The third kappa shape index (κ3) is 11.4. The first-order valence-corrected chi connectivity index (χ1v) is 27.7. The lowest BCUT2D eigenvalue weighted by atomic mass is 9.59. The van der Waals surface area contributed by atoms with Crippen molar-refractivity contribution in [2.24, 2.45) is 11.3 Å². The molecule has 2 aliphatic carbocycles. The molecule has 77 heavy (non-hydrogen) atoms. The number of hydrogen-bond acceptors (Lipinski definition) is 14. The SMILES string of the molecule is COc1nc2[nH]cc(F)c2cc1Oc1cc(N2CCC3(CC2)CC(N2CCN(Cc4ccc(F)c(F)c4)C[C@H]2c2ccccc2C(C)C)C3)ccc1C(=O)NS(=O)(=O)c1cnc(NCC2CCC(C)(O)CC2)c([N+](=O)[O-])c1. The smallest absolute Gasteiger partial charge is 0.312 e. The number of sulfonamides is 1. The van der Waals surface area contributed by atoms with Crippen molar-refractivity contribution in [3.63, 3.8) is 0 Å². The number of piperidine rings is 1. The maximum absolute atomic E-state index is 14.9. The van der Waals surface area contributed by atoms with Gasteiger partial charge in [-0.2, -0.15) is 4.98 Å². The van der Waals surface area contributed by atoms with E-state index in [9.17, 15) is 41.6 Å². The van der Waals surface area contributed by atoms with E-state index >= 15 is 0 Å². The summed E-state index contributed by atoms with van der Waals surface area (Å²) >= 11 is 0. The molecule has 3 aromatic heterocycles. The number of methoxy groups -OCH3 is 1. The number of hydrogen-bond donors (Lipinski definition) is 4. The molecule has 3 aromatic carbocycles. The molecule has 0 radical (unpaired) electrons. The first-order chi connectivity index (χ1) is 36.8. The van der Waals surface area contributed by atoms with Crippen LogP contribution in [0.2, 0.25) is 0 Å². The number of pyridine rings is 2. The first-order valence-electron chi connectivity index (χ1n) is 26.2. The number of aliphatic hydroxyl groups is 1. The molecular weight excluding hydrogens is 1020 g/mol. The molecule has 21 heteroatoms. The van der Waals surface area contributed by atoms with Gasteiger partial charge in [0.15, 0.2) is 17.4 Å². The largest absolute Gasteiger partial charge is 0.478 e. The number of aromatic amines is 1. The summed E-state index contributed by atoms with van der Waals surface area (Å²) < 4.78 is 84.6. The number of nitro groups is 1. The average Bonchev–Trinajstić information content (AvgIpc) is 3.81. The number of amides is 1. The summed E-state index contributed by atoms with van der Waals surface area (Å²) in [6.07, 6.45) is 8.45. The third-order valence-corrected chi connectivity index (χ3v) is 17.7. The number of piperazine rings is 1. The third-order valence-electron chi connectivity index (χ3n) is 16.4. The Hall–Kier alpha value is -6.81. The molecule has 2 saturated carbocycles.